The van der Waals surface area contributed by atoms with Gasteiger partial charge in [0, 0.05) is 12.6 Å². The normalized spacial score (nSPS) is 18.0. The molecule has 154 valence electrons. The molecule has 0 unspecified atom stereocenters. The first-order valence-corrected chi connectivity index (χ1v) is 10.4. The van der Waals surface area contributed by atoms with Gasteiger partial charge in [0.25, 0.3) is 5.91 Å². The van der Waals surface area contributed by atoms with E-state index in [0.29, 0.717) is 23.8 Å². The maximum Gasteiger partial charge on any atom is 0.267 e. The molecule has 6 heteroatoms. The summed E-state index contributed by atoms with van der Waals surface area (Å²) in [6.07, 6.45) is -0.635. The summed E-state index contributed by atoms with van der Waals surface area (Å²) < 4.78 is 17.8. The van der Waals surface area contributed by atoms with Crippen molar-refractivity contribution in [1.29, 1.82) is 0 Å². The fourth-order valence-corrected chi connectivity index (χ4v) is 4.00. The highest BCUT2D eigenvalue weighted by Crippen LogP contribution is 2.42. The standard InChI is InChI=1S/C24H22BrNO4/c1-28-18-12-17(13-19(14-18)29-2)22-23(30-21-11-7-6-10-20(21)25)24(27)26(22)15-16-8-4-3-5-9-16/h3-14,22-23H,15H2,1-2H3/t22-,23+/m1/s1. The van der Waals surface area contributed by atoms with E-state index in [2.05, 4.69) is 15.9 Å². The third-order valence-electron chi connectivity index (χ3n) is 5.15. The minimum Gasteiger partial charge on any atom is -0.497 e. The first-order valence-electron chi connectivity index (χ1n) is 9.59. The summed E-state index contributed by atoms with van der Waals surface area (Å²) in [6, 6.07) is 22.9. The van der Waals surface area contributed by atoms with Gasteiger partial charge in [0.1, 0.15) is 23.3 Å². The van der Waals surface area contributed by atoms with Gasteiger partial charge in [0.2, 0.25) is 6.10 Å². The Morgan fingerprint density at radius 3 is 2.17 bits per heavy atom. The first kappa shape index (κ1) is 20.3. The van der Waals surface area contributed by atoms with Gasteiger partial charge in [-0.3, -0.25) is 4.79 Å². The smallest absolute Gasteiger partial charge is 0.267 e. The topological polar surface area (TPSA) is 48.0 Å². The van der Waals surface area contributed by atoms with E-state index in [4.69, 9.17) is 14.2 Å². The van der Waals surface area contributed by atoms with Gasteiger partial charge in [-0.1, -0.05) is 42.5 Å². The number of likely N-dealkylation sites (tertiary alicyclic amines) is 1. The number of hydrogen-bond donors (Lipinski definition) is 0. The lowest BCUT2D eigenvalue weighted by atomic mass is 9.89. The SMILES string of the molecule is COc1cc(OC)cc([C@@H]2[C@H](Oc3ccccc3Br)C(=O)N2Cc2ccccc2)c1. The highest BCUT2D eigenvalue weighted by molar-refractivity contribution is 9.10. The number of methoxy groups -OCH3 is 2. The number of para-hydroxylation sites is 1. The summed E-state index contributed by atoms with van der Waals surface area (Å²) in [5.41, 5.74) is 1.96. The van der Waals surface area contributed by atoms with Crippen LogP contribution in [0.4, 0.5) is 0 Å². The monoisotopic (exact) mass is 467 g/mol. The van der Waals surface area contributed by atoms with Gasteiger partial charge in [0.15, 0.2) is 0 Å². The van der Waals surface area contributed by atoms with Crippen molar-refractivity contribution in [3.63, 3.8) is 0 Å². The molecule has 0 saturated carbocycles. The van der Waals surface area contributed by atoms with Gasteiger partial charge >= 0.3 is 0 Å². The van der Waals surface area contributed by atoms with Crippen LogP contribution in [0.3, 0.4) is 0 Å². The Labute approximate surface area is 184 Å². The van der Waals surface area contributed by atoms with E-state index < -0.39 is 6.10 Å². The number of carbonyl (C=O) groups excluding carboxylic acids is 1. The molecule has 2 atom stereocenters. The summed E-state index contributed by atoms with van der Waals surface area (Å²) in [4.78, 5) is 14.9. The number of β-lactam (4-membered cyclic amide) rings is 1. The van der Waals surface area contributed by atoms with Crippen LogP contribution in [0.15, 0.2) is 77.3 Å². The van der Waals surface area contributed by atoms with Gasteiger partial charge in [-0.25, -0.2) is 0 Å². The Morgan fingerprint density at radius 2 is 1.53 bits per heavy atom. The maximum absolute atomic E-state index is 13.1. The van der Waals surface area contributed by atoms with Crippen molar-refractivity contribution in [1.82, 2.24) is 4.90 Å². The molecule has 1 fully saturated rings. The van der Waals surface area contributed by atoms with Gasteiger partial charge in [-0.2, -0.15) is 0 Å². The van der Waals surface area contributed by atoms with Crippen LogP contribution in [0, 0.1) is 0 Å². The van der Waals surface area contributed by atoms with Gasteiger partial charge in [-0.05, 0) is 51.3 Å². The number of amides is 1. The molecule has 1 amide bonds. The number of benzene rings is 3. The predicted octanol–water partition coefficient (Wildman–Crippen LogP) is 5.00. The molecule has 3 aromatic rings. The van der Waals surface area contributed by atoms with Crippen LogP contribution in [0.1, 0.15) is 17.2 Å². The van der Waals surface area contributed by atoms with Gasteiger partial charge in [-0.15, -0.1) is 0 Å². The lowest BCUT2D eigenvalue weighted by Gasteiger charge is -2.47. The Morgan fingerprint density at radius 1 is 0.900 bits per heavy atom. The van der Waals surface area contributed by atoms with E-state index in [1.807, 2.05) is 77.7 Å². The molecular formula is C24H22BrNO4. The van der Waals surface area contributed by atoms with E-state index in [1.54, 1.807) is 14.2 Å². The van der Waals surface area contributed by atoms with Crippen molar-refractivity contribution in [2.45, 2.75) is 18.7 Å². The molecule has 30 heavy (non-hydrogen) atoms. The van der Waals surface area contributed by atoms with Crippen molar-refractivity contribution >= 4 is 21.8 Å². The molecule has 3 aromatic carbocycles. The summed E-state index contributed by atoms with van der Waals surface area (Å²) in [7, 11) is 3.22. The minimum atomic E-state index is -0.635. The molecule has 0 spiro atoms. The molecule has 1 aliphatic rings. The zero-order chi connectivity index (χ0) is 21.1. The third-order valence-corrected chi connectivity index (χ3v) is 5.81. The minimum absolute atomic E-state index is 0.0543. The van der Waals surface area contributed by atoms with E-state index in [1.165, 1.54) is 0 Å². The van der Waals surface area contributed by atoms with E-state index in [9.17, 15) is 4.79 Å². The number of ether oxygens (including phenoxy) is 3. The molecule has 0 N–H and O–H groups in total. The predicted molar refractivity (Wildman–Crippen MR) is 118 cm³/mol. The highest BCUT2D eigenvalue weighted by atomic mass is 79.9. The first-order chi connectivity index (χ1) is 14.6. The molecular weight excluding hydrogens is 446 g/mol. The molecule has 1 aliphatic heterocycles. The Kier molecular flexibility index (Phi) is 5.95. The van der Waals surface area contributed by atoms with Crippen LogP contribution in [0.25, 0.3) is 0 Å². The van der Waals surface area contributed by atoms with E-state index in [0.717, 1.165) is 15.6 Å². The maximum atomic E-state index is 13.1. The zero-order valence-corrected chi connectivity index (χ0v) is 18.3. The van der Waals surface area contributed by atoms with E-state index in [-0.39, 0.29) is 11.9 Å². The average molecular weight is 468 g/mol. The van der Waals surface area contributed by atoms with E-state index >= 15 is 0 Å². The molecule has 1 heterocycles. The second-order valence-electron chi connectivity index (χ2n) is 7.01. The van der Waals surface area contributed by atoms with Crippen molar-refractivity contribution in [3.05, 3.63) is 88.4 Å². The number of hydrogen-bond acceptors (Lipinski definition) is 4. The summed E-state index contributed by atoms with van der Waals surface area (Å²) in [5, 5.41) is 0. The number of nitrogens with zero attached hydrogens (tertiary/aromatic N) is 1. The number of halogens is 1. The van der Waals surface area contributed by atoms with Crippen molar-refractivity contribution in [2.24, 2.45) is 0 Å². The summed E-state index contributed by atoms with van der Waals surface area (Å²) in [5.74, 6) is 1.92. The van der Waals surface area contributed by atoms with Crippen LogP contribution in [0.2, 0.25) is 0 Å². The Bertz CT molecular complexity index is 1020. The molecule has 0 bridgehead atoms. The Balaban J connectivity index is 1.69. The highest BCUT2D eigenvalue weighted by Gasteiger charge is 2.50. The molecule has 0 aromatic heterocycles. The quantitative estimate of drug-likeness (QED) is 0.458. The van der Waals surface area contributed by atoms with Gasteiger partial charge in [0.05, 0.1) is 18.7 Å². The second-order valence-corrected chi connectivity index (χ2v) is 7.87. The van der Waals surface area contributed by atoms with Gasteiger partial charge < -0.3 is 19.1 Å². The van der Waals surface area contributed by atoms with Crippen LogP contribution >= 0.6 is 15.9 Å². The van der Waals surface area contributed by atoms with Crippen LogP contribution in [-0.4, -0.2) is 31.1 Å². The van der Waals surface area contributed by atoms with Crippen LogP contribution in [-0.2, 0) is 11.3 Å². The van der Waals surface area contributed by atoms with Crippen molar-refractivity contribution in [3.8, 4) is 17.2 Å². The second kappa shape index (κ2) is 8.79. The molecule has 0 aliphatic carbocycles. The fourth-order valence-electron chi connectivity index (χ4n) is 3.62. The van der Waals surface area contributed by atoms with Crippen molar-refractivity contribution < 1.29 is 19.0 Å². The van der Waals surface area contributed by atoms with Crippen LogP contribution in [0.5, 0.6) is 17.2 Å². The zero-order valence-electron chi connectivity index (χ0n) is 16.7. The molecule has 1 saturated heterocycles. The molecule has 4 rings (SSSR count). The average Bonchev–Trinajstić information content (AvgIpc) is 2.79. The summed E-state index contributed by atoms with van der Waals surface area (Å²) >= 11 is 3.50. The Hall–Kier alpha value is -2.99. The lowest BCUT2D eigenvalue weighted by molar-refractivity contribution is -0.165. The molecule has 0 radical (unpaired) electrons. The summed E-state index contributed by atoms with van der Waals surface area (Å²) in [6.45, 7) is 0.500. The lowest BCUT2D eigenvalue weighted by Crippen LogP contribution is -2.60. The fraction of sp³-hybridized carbons (Fsp3) is 0.208. The van der Waals surface area contributed by atoms with Crippen LogP contribution < -0.4 is 14.2 Å². The third kappa shape index (κ3) is 4.00. The van der Waals surface area contributed by atoms with Crippen molar-refractivity contribution in [2.75, 3.05) is 14.2 Å². The number of carbonyl (C=O) groups is 1. The number of rotatable bonds is 7. The largest absolute Gasteiger partial charge is 0.497 e. The molecule has 5 nitrogen and oxygen atoms in total.